The number of unbranched alkanes of at least 4 members (excludes halogenated alkanes) is 1. The van der Waals surface area contributed by atoms with Crippen LogP contribution < -0.4 is 10.5 Å². The Morgan fingerprint density at radius 3 is 2.60 bits per heavy atom. The van der Waals surface area contributed by atoms with Gasteiger partial charge in [0, 0.05) is 5.54 Å². The fourth-order valence-corrected chi connectivity index (χ4v) is 2.02. The monoisotopic (exact) mass is 279 g/mol. The number of nitrogens with two attached hydrogens (primary N) is 1. The van der Waals surface area contributed by atoms with Gasteiger partial charge in [-0.15, -0.1) is 0 Å². The Morgan fingerprint density at radius 2 is 2.00 bits per heavy atom. The summed E-state index contributed by atoms with van der Waals surface area (Å²) in [5, 5.41) is 9.09. The van der Waals surface area contributed by atoms with E-state index >= 15 is 0 Å². The minimum absolute atomic E-state index is 0.0311. The molecule has 3 nitrogen and oxygen atoms in total. The van der Waals surface area contributed by atoms with E-state index in [-0.39, 0.29) is 6.61 Å². The van der Waals surface area contributed by atoms with Crippen molar-refractivity contribution in [3.63, 3.8) is 0 Å². The van der Waals surface area contributed by atoms with Gasteiger partial charge in [-0.1, -0.05) is 26.0 Å². The smallest absolute Gasteiger partial charge is 0.122 e. The number of aliphatic hydroxyl groups excluding tert-OH is 1. The molecule has 3 heteroatoms. The van der Waals surface area contributed by atoms with E-state index in [1.165, 1.54) is 11.1 Å². The van der Waals surface area contributed by atoms with Gasteiger partial charge < -0.3 is 15.6 Å². The van der Waals surface area contributed by atoms with Crippen LogP contribution in [0.4, 0.5) is 0 Å². The maximum atomic E-state index is 9.09. The SMILES string of the molecule is Cc1ccc(C(C)C)cc1OCCCCC(C)(N)CO. The summed E-state index contributed by atoms with van der Waals surface area (Å²) < 4.78 is 5.87. The average Bonchev–Trinajstić information content (AvgIpc) is 2.40. The van der Waals surface area contributed by atoms with Gasteiger partial charge in [-0.2, -0.15) is 0 Å². The quantitative estimate of drug-likeness (QED) is 0.717. The van der Waals surface area contributed by atoms with Crippen LogP contribution in [0.25, 0.3) is 0 Å². The highest BCUT2D eigenvalue weighted by Gasteiger charge is 2.15. The Labute approximate surface area is 123 Å². The zero-order chi connectivity index (χ0) is 15.2. The van der Waals surface area contributed by atoms with Gasteiger partial charge in [0.2, 0.25) is 0 Å². The summed E-state index contributed by atoms with van der Waals surface area (Å²) in [7, 11) is 0. The average molecular weight is 279 g/mol. The second-order valence-electron chi connectivity index (χ2n) is 6.30. The third-order valence-corrected chi connectivity index (χ3v) is 3.64. The molecule has 0 aliphatic carbocycles. The molecule has 114 valence electrons. The first kappa shape index (κ1) is 17.0. The summed E-state index contributed by atoms with van der Waals surface area (Å²) in [4.78, 5) is 0. The standard InChI is InChI=1S/C17H29NO2/c1-13(2)15-8-7-14(3)16(11-15)20-10-6-5-9-17(4,18)12-19/h7-8,11,13,19H,5-6,9-10,12,18H2,1-4H3. The molecule has 1 aromatic carbocycles. The predicted octanol–water partition coefficient (Wildman–Crippen LogP) is 3.38. The molecule has 0 fully saturated rings. The maximum Gasteiger partial charge on any atom is 0.122 e. The predicted molar refractivity (Wildman–Crippen MR) is 84.3 cm³/mol. The summed E-state index contributed by atoms with van der Waals surface area (Å²) in [6.45, 7) is 9.05. The van der Waals surface area contributed by atoms with Gasteiger partial charge in [-0.05, 0) is 56.2 Å². The van der Waals surface area contributed by atoms with Gasteiger partial charge in [-0.3, -0.25) is 0 Å². The number of ether oxygens (including phenoxy) is 1. The molecule has 0 heterocycles. The van der Waals surface area contributed by atoms with Crippen molar-refractivity contribution >= 4 is 0 Å². The molecule has 1 atom stereocenters. The van der Waals surface area contributed by atoms with Crippen LogP contribution in [0.1, 0.15) is 57.1 Å². The highest BCUT2D eigenvalue weighted by molar-refractivity contribution is 5.37. The lowest BCUT2D eigenvalue weighted by atomic mass is 9.97. The molecule has 0 aliphatic rings. The fourth-order valence-electron chi connectivity index (χ4n) is 2.02. The fraction of sp³-hybridized carbons (Fsp3) is 0.647. The third kappa shape index (κ3) is 5.51. The Kier molecular flexibility index (Phi) is 6.50. The molecule has 0 aromatic heterocycles. The van der Waals surface area contributed by atoms with E-state index in [4.69, 9.17) is 15.6 Å². The summed E-state index contributed by atoms with van der Waals surface area (Å²) in [6.07, 6.45) is 2.74. The van der Waals surface area contributed by atoms with Crippen molar-refractivity contribution < 1.29 is 9.84 Å². The van der Waals surface area contributed by atoms with E-state index in [1.54, 1.807) is 0 Å². The van der Waals surface area contributed by atoms with Crippen LogP contribution in [0.2, 0.25) is 0 Å². The molecule has 0 saturated carbocycles. The van der Waals surface area contributed by atoms with Crippen LogP contribution in [0.3, 0.4) is 0 Å². The molecule has 0 saturated heterocycles. The van der Waals surface area contributed by atoms with Crippen molar-refractivity contribution in [3.8, 4) is 5.75 Å². The lowest BCUT2D eigenvalue weighted by molar-refractivity contribution is 0.194. The number of hydrogen-bond donors (Lipinski definition) is 2. The van der Waals surface area contributed by atoms with Crippen molar-refractivity contribution in [1.82, 2.24) is 0 Å². The normalized spacial score (nSPS) is 14.3. The van der Waals surface area contributed by atoms with Crippen molar-refractivity contribution in [2.75, 3.05) is 13.2 Å². The lowest BCUT2D eigenvalue weighted by Crippen LogP contribution is -2.39. The van der Waals surface area contributed by atoms with Crippen LogP contribution >= 0.6 is 0 Å². The van der Waals surface area contributed by atoms with Crippen molar-refractivity contribution in [3.05, 3.63) is 29.3 Å². The van der Waals surface area contributed by atoms with Crippen molar-refractivity contribution in [2.24, 2.45) is 5.73 Å². The van der Waals surface area contributed by atoms with Gasteiger partial charge in [0.15, 0.2) is 0 Å². The molecule has 0 radical (unpaired) electrons. The molecule has 1 unspecified atom stereocenters. The second kappa shape index (κ2) is 7.65. The van der Waals surface area contributed by atoms with Gasteiger partial charge in [-0.25, -0.2) is 0 Å². The first-order valence-corrected chi connectivity index (χ1v) is 7.49. The Balaban J connectivity index is 2.40. The van der Waals surface area contributed by atoms with Crippen LogP contribution in [-0.2, 0) is 0 Å². The Morgan fingerprint density at radius 1 is 1.30 bits per heavy atom. The number of rotatable bonds is 8. The molecule has 0 spiro atoms. The third-order valence-electron chi connectivity index (χ3n) is 3.64. The van der Waals surface area contributed by atoms with E-state index in [0.29, 0.717) is 12.5 Å². The van der Waals surface area contributed by atoms with E-state index in [9.17, 15) is 0 Å². The summed E-state index contributed by atoms with van der Waals surface area (Å²) >= 11 is 0. The summed E-state index contributed by atoms with van der Waals surface area (Å²) in [5.74, 6) is 1.49. The molecule has 0 aliphatic heterocycles. The zero-order valence-electron chi connectivity index (χ0n) is 13.3. The van der Waals surface area contributed by atoms with Gasteiger partial charge in [0.25, 0.3) is 0 Å². The topological polar surface area (TPSA) is 55.5 Å². The Hall–Kier alpha value is -1.06. The van der Waals surface area contributed by atoms with Crippen molar-refractivity contribution in [2.45, 2.75) is 58.4 Å². The first-order valence-electron chi connectivity index (χ1n) is 7.49. The lowest BCUT2D eigenvalue weighted by Gasteiger charge is -2.21. The maximum absolute atomic E-state index is 9.09. The number of hydrogen-bond acceptors (Lipinski definition) is 3. The highest BCUT2D eigenvalue weighted by atomic mass is 16.5. The molecule has 0 amide bonds. The molecule has 1 aromatic rings. The summed E-state index contributed by atoms with van der Waals surface area (Å²) in [5.41, 5.74) is 7.91. The Bertz CT molecular complexity index is 413. The number of aryl methyl sites for hydroxylation is 1. The van der Waals surface area contributed by atoms with Crippen LogP contribution in [0, 0.1) is 6.92 Å². The second-order valence-corrected chi connectivity index (χ2v) is 6.30. The summed E-state index contributed by atoms with van der Waals surface area (Å²) in [6, 6.07) is 6.42. The van der Waals surface area contributed by atoms with Crippen LogP contribution in [0.5, 0.6) is 5.75 Å². The highest BCUT2D eigenvalue weighted by Crippen LogP contribution is 2.24. The van der Waals surface area contributed by atoms with E-state index < -0.39 is 5.54 Å². The minimum Gasteiger partial charge on any atom is -0.493 e. The molecule has 3 N–H and O–H groups in total. The van der Waals surface area contributed by atoms with Crippen molar-refractivity contribution in [1.29, 1.82) is 0 Å². The van der Waals surface area contributed by atoms with Gasteiger partial charge in [0.05, 0.1) is 13.2 Å². The van der Waals surface area contributed by atoms with E-state index in [0.717, 1.165) is 25.0 Å². The first-order chi connectivity index (χ1) is 9.35. The van der Waals surface area contributed by atoms with Gasteiger partial charge >= 0.3 is 0 Å². The molecule has 0 bridgehead atoms. The van der Waals surface area contributed by atoms with E-state index in [1.807, 2.05) is 6.92 Å². The van der Waals surface area contributed by atoms with Gasteiger partial charge in [0.1, 0.15) is 5.75 Å². The largest absolute Gasteiger partial charge is 0.493 e. The van der Waals surface area contributed by atoms with Crippen LogP contribution in [0.15, 0.2) is 18.2 Å². The molecular formula is C17H29NO2. The molecule has 20 heavy (non-hydrogen) atoms. The zero-order valence-corrected chi connectivity index (χ0v) is 13.3. The molecule has 1 rings (SSSR count). The minimum atomic E-state index is -0.465. The molecular weight excluding hydrogens is 250 g/mol. The van der Waals surface area contributed by atoms with E-state index in [2.05, 4.69) is 39.0 Å². The van der Waals surface area contributed by atoms with Crippen LogP contribution in [-0.4, -0.2) is 23.9 Å². The number of aliphatic hydroxyl groups is 1. The number of benzene rings is 1.